The number of aromatic nitrogens is 4. The molecule has 180 valence electrons. The summed E-state index contributed by atoms with van der Waals surface area (Å²) >= 11 is 1.52. The van der Waals surface area contributed by atoms with Gasteiger partial charge in [0.2, 0.25) is 10.7 Å². The van der Waals surface area contributed by atoms with Crippen molar-refractivity contribution in [2.75, 3.05) is 21.3 Å². The van der Waals surface area contributed by atoms with Gasteiger partial charge in [0, 0.05) is 11.1 Å². The molecule has 0 spiro atoms. The van der Waals surface area contributed by atoms with Gasteiger partial charge in [0.05, 0.1) is 21.3 Å². The highest BCUT2D eigenvalue weighted by atomic mass is 32.1. The first kappa shape index (κ1) is 24.0. The summed E-state index contributed by atoms with van der Waals surface area (Å²) in [6, 6.07) is 10.5. The molecule has 0 aliphatic carbocycles. The van der Waals surface area contributed by atoms with Crippen LogP contribution in [0.1, 0.15) is 52.7 Å². The molecule has 2 aromatic carbocycles. The van der Waals surface area contributed by atoms with Crippen molar-refractivity contribution in [3.8, 4) is 39.2 Å². The molecule has 0 saturated heterocycles. The molecule has 2 aromatic heterocycles. The van der Waals surface area contributed by atoms with Crippen LogP contribution in [0.2, 0.25) is 0 Å². The zero-order chi connectivity index (χ0) is 24.8. The van der Waals surface area contributed by atoms with Crippen LogP contribution in [0.25, 0.3) is 26.9 Å². The predicted octanol–water partition coefficient (Wildman–Crippen LogP) is 6.14. The standard InChI is InChI=1S/C26H32N4O3S/c1-25(2,3)17-10-16(11-18(14-17)26(4,5)6)23-29-30-22(27-28-24(30)34-23)15-12-19(31-7)21(33-9)20(13-15)32-8/h10-14H,1-9H3. The Morgan fingerprint density at radius 1 is 0.706 bits per heavy atom. The number of ether oxygens (including phenoxy) is 3. The predicted molar refractivity (Wildman–Crippen MR) is 137 cm³/mol. The normalized spacial score (nSPS) is 12.3. The zero-order valence-electron chi connectivity index (χ0n) is 21.3. The molecule has 0 bridgehead atoms. The van der Waals surface area contributed by atoms with E-state index in [1.807, 2.05) is 12.1 Å². The maximum atomic E-state index is 5.51. The Morgan fingerprint density at radius 2 is 1.26 bits per heavy atom. The molecule has 0 atom stereocenters. The molecule has 0 saturated carbocycles. The molecule has 8 heteroatoms. The number of nitrogens with zero attached hydrogens (tertiary/aromatic N) is 4. The Kier molecular flexibility index (Phi) is 6.06. The van der Waals surface area contributed by atoms with Crippen molar-refractivity contribution in [2.45, 2.75) is 52.4 Å². The van der Waals surface area contributed by atoms with Crippen LogP contribution in [0.15, 0.2) is 30.3 Å². The third kappa shape index (κ3) is 4.34. The fourth-order valence-corrected chi connectivity index (χ4v) is 4.57. The highest BCUT2D eigenvalue weighted by Crippen LogP contribution is 2.41. The summed E-state index contributed by atoms with van der Waals surface area (Å²) in [5, 5.41) is 14.6. The van der Waals surface area contributed by atoms with E-state index >= 15 is 0 Å². The molecule has 0 N–H and O–H groups in total. The van der Waals surface area contributed by atoms with Crippen LogP contribution in [0.4, 0.5) is 0 Å². The highest BCUT2D eigenvalue weighted by molar-refractivity contribution is 7.19. The van der Waals surface area contributed by atoms with E-state index in [0.29, 0.717) is 23.1 Å². The summed E-state index contributed by atoms with van der Waals surface area (Å²) in [7, 11) is 4.77. The van der Waals surface area contributed by atoms with Crippen LogP contribution in [0, 0.1) is 0 Å². The zero-order valence-corrected chi connectivity index (χ0v) is 22.1. The molecular weight excluding hydrogens is 448 g/mol. The summed E-state index contributed by atoms with van der Waals surface area (Å²) in [6.07, 6.45) is 0. The van der Waals surface area contributed by atoms with E-state index in [0.717, 1.165) is 21.1 Å². The molecule has 0 aliphatic rings. The average Bonchev–Trinajstić information content (AvgIpc) is 3.37. The number of fused-ring (bicyclic) bond motifs is 1. The molecule has 4 aromatic rings. The van der Waals surface area contributed by atoms with Crippen molar-refractivity contribution >= 4 is 16.3 Å². The van der Waals surface area contributed by atoms with Gasteiger partial charge in [-0.1, -0.05) is 58.9 Å². The third-order valence-corrected chi connectivity index (χ3v) is 6.77. The average molecular weight is 481 g/mol. The molecule has 2 heterocycles. The first-order chi connectivity index (χ1) is 16.0. The molecule has 34 heavy (non-hydrogen) atoms. The van der Waals surface area contributed by atoms with Gasteiger partial charge in [0.25, 0.3) is 0 Å². The first-order valence-electron chi connectivity index (χ1n) is 11.2. The van der Waals surface area contributed by atoms with Crippen molar-refractivity contribution in [2.24, 2.45) is 0 Å². The van der Waals surface area contributed by atoms with E-state index < -0.39 is 0 Å². The minimum Gasteiger partial charge on any atom is -0.493 e. The number of methoxy groups -OCH3 is 3. The molecule has 7 nitrogen and oxygen atoms in total. The molecule has 4 rings (SSSR count). The number of hydrogen-bond acceptors (Lipinski definition) is 7. The van der Waals surface area contributed by atoms with E-state index in [1.54, 1.807) is 25.8 Å². The summed E-state index contributed by atoms with van der Waals surface area (Å²) in [6.45, 7) is 13.4. The minimum absolute atomic E-state index is 0.0241. The fraction of sp³-hybridized carbons (Fsp3) is 0.423. The van der Waals surface area contributed by atoms with Gasteiger partial charge in [-0.05, 0) is 46.2 Å². The highest BCUT2D eigenvalue weighted by Gasteiger charge is 2.23. The van der Waals surface area contributed by atoms with Crippen LogP contribution in [-0.4, -0.2) is 41.1 Å². The SMILES string of the molecule is COc1cc(-c2nnc3sc(-c4cc(C(C)(C)C)cc(C(C)(C)C)c4)nn23)cc(OC)c1OC. The van der Waals surface area contributed by atoms with Crippen LogP contribution < -0.4 is 14.2 Å². The first-order valence-corrected chi connectivity index (χ1v) is 12.0. The quantitative estimate of drug-likeness (QED) is 0.342. The van der Waals surface area contributed by atoms with E-state index in [2.05, 4.69) is 69.9 Å². The Hall–Kier alpha value is -3.13. The van der Waals surface area contributed by atoms with Crippen LogP contribution >= 0.6 is 11.3 Å². The maximum absolute atomic E-state index is 5.51. The van der Waals surface area contributed by atoms with Crippen molar-refractivity contribution in [3.63, 3.8) is 0 Å². The Bertz CT molecular complexity index is 1290. The number of hydrogen-bond donors (Lipinski definition) is 0. The van der Waals surface area contributed by atoms with E-state index in [-0.39, 0.29) is 10.8 Å². The largest absolute Gasteiger partial charge is 0.493 e. The van der Waals surface area contributed by atoms with Crippen LogP contribution in [0.5, 0.6) is 17.2 Å². The van der Waals surface area contributed by atoms with Gasteiger partial charge in [-0.15, -0.1) is 10.2 Å². The molecule has 0 aliphatic heterocycles. The lowest BCUT2D eigenvalue weighted by Crippen LogP contribution is -2.16. The smallest absolute Gasteiger partial charge is 0.235 e. The number of rotatable bonds is 5. The molecule has 0 fully saturated rings. The molecule has 0 radical (unpaired) electrons. The number of benzene rings is 2. The Labute approximate surface area is 204 Å². The summed E-state index contributed by atoms with van der Waals surface area (Å²) in [5.74, 6) is 2.25. The van der Waals surface area contributed by atoms with Crippen molar-refractivity contribution in [1.29, 1.82) is 0 Å². The minimum atomic E-state index is 0.0241. The Balaban J connectivity index is 1.87. The molecular formula is C26H32N4O3S. The van der Waals surface area contributed by atoms with Gasteiger partial charge >= 0.3 is 0 Å². The second-order valence-corrected chi connectivity index (χ2v) is 11.3. The van der Waals surface area contributed by atoms with Gasteiger partial charge < -0.3 is 14.2 Å². The van der Waals surface area contributed by atoms with Gasteiger partial charge in [0.15, 0.2) is 17.3 Å². The van der Waals surface area contributed by atoms with Crippen molar-refractivity contribution in [1.82, 2.24) is 19.8 Å². The van der Waals surface area contributed by atoms with Crippen molar-refractivity contribution in [3.05, 3.63) is 41.5 Å². The Morgan fingerprint density at radius 3 is 1.74 bits per heavy atom. The fourth-order valence-electron chi connectivity index (χ4n) is 3.74. The van der Waals surface area contributed by atoms with Crippen LogP contribution in [-0.2, 0) is 10.8 Å². The molecule has 0 unspecified atom stereocenters. The van der Waals surface area contributed by atoms with E-state index in [1.165, 1.54) is 22.5 Å². The summed E-state index contributed by atoms with van der Waals surface area (Å²) in [4.78, 5) is 0.720. The van der Waals surface area contributed by atoms with E-state index in [4.69, 9.17) is 19.3 Å². The topological polar surface area (TPSA) is 70.8 Å². The van der Waals surface area contributed by atoms with E-state index in [9.17, 15) is 0 Å². The second kappa shape index (κ2) is 8.58. The van der Waals surface area contributed by atoms with Gasteiger partial charge in [-0.2, -0.15) is 9.61 Å². The van der Waals surface area contributed by atoms with Crippen molar-refractivity contribution < 1.29 is 14.2 Å². The van der Waals surface area contributed by atoms with Gasteiger partial charge in [-0.3, -0.25) is 0 Å². The lowest BCUT2D eigenvalue weighted by molar-refractivity contribution is 0.324. The lowest BCUT2D eigenvalue weighted by atomic mass is 9.79. The van der Waals surface area contributed by atoms with Gasteiger partial charge in [0.1, 0.15) is 5.01 Å². The summed E-state index contributed by atoms with van der Waals surface area (Å²) < 4.78 is 18.3. The van der Waals surface area contributed by atoms with Crippen LogP contribution in [0.3, 0.4) is 0 Å². The van der Waals surface area contributed by atoms with Gasteiger partial charge in [-0.25, -0.2) is 0 Å². The monoisotopic (exact) mass is 480 g/mol. The lowest BCUT2D eigenvalue weighted by Gasteiger charge is -2.25. The molecule has 0 amide bonds. The summed E-state index contributed by atoms with van der Waals surface area (Å²) in [5.41, 5.74) is 4.48. The third-order valence-electron chi connectivity index (χ3n) is 5.83. The maximum Gasteiger partial charge on any atom is 0.235 e. The second-order valence-electron chi connectivity index (χ2n) is 10.3.